The van der Waals surface area contributed by atoms with E-state index in [4.69, 9.17) is 5.73 Å². The lowest BCUT2D eigenvalue weighted by atomic mass is 9.93. The van der Waals surface area contributed by atoms with E-state index in [0.29, 0.717) is 5.92 Å². The summed E-state index contributed by atoms with van der Waals surface area (Å²) in [6, 6.07) is 8.42. The Morgan fingerprint density at radius 3 is 2.86 bits per heavy atom. The van der Waals surface area contributed by atoms with E-state index in [1.165, 1.54) is 11.1 Å². The van der Waals surface area contributed by atoms with Crippen LogP contribution in [-0.2, 0) is 4.79 Å². The van der Waals surface area contributed by atoms with Gasteiger partial charge >= 0.3 is 0 Å². The maximum Gasteiger partial charge on any atom is 0.239 e. The first-order valence-electron chi connectivity index (χ1n) is 7.65. The zero-order chi connectivity index (χ0) is 15.4. The highest BCUT2D eigenvalue weighted by molar-refractivity contribution is 7.98. The molecule has 0 radical (unpaired) electrons. The fourth-order valence-electron chi connectivity index (χ4n) is 3.19. The average molecular weight is 306 g/mol. The SMILES string of the molecule is CSCC[C@H](N)C(=O)N1C[C@@H](c2ccccc2C)C[C@H]1C. The predicted molar refractivity (Wildman–Crippen MR) is 90.7 cm³/mol. The molecule has 1 aromatic rings. The van der Waals surface area contributed by atoms with E-state index in [2.05, 4.69) is 38.1 Å². The van der Waals surface area contributed by atoms with Crippen LogP contribution in [0, 0.1) is 6.92 Å². The molecule has 1 heterocycles. The first-order valence-corrected chi connectivity index (χ1v) is 9.04. The first kappa shape index (κ1) is 16.4. The van der Waals surface area contributed by atoms with Gasteiger partial charge in [0, 0.05) is 18.5 Å². The molecule has 21 heavy (non-hydrogen) atoms. The second-order valence-electron chi connectivity index (χ2n) is 6.02. The van der Waals surface area contributed by atoms with Crippen LogP contribution in [0.15, 0.2) is 24.3 Å². The van der Waals surface area contributed by atoms with Crippen LogP contribution in [0.25, 0.3) is 0 Å². The summed E-state index contributed by atoms with van der Waals surface area (Å²) >= 11 is 1.74. The minimum Gasteiger partial charge on any atom is -0.338 e. The third-order valence-electron chi connectivity index (χ3n) is 4.44. The molecule has 1 amide bonds. The third-order valence-corrected chi connectivity index (χ3v) is 5.08. The molecule has 2 N–H and O–H groups in total. The van der Waals surface area contributed by atoms with E-state index in [9.17, 15) is 4.79 Å². The van der Waals surface area contributed by atoms with Crippen LogP contribution >= 0.6 is 11.8 Å². The van der Waals surface area contributed by atoms with Gasteiger partial charge in [0.2, 0.25) is 5.91 Å². The number of thioether (sulfide) groups is 1. The second kappa shape index (κ2) is 7.32. The molecule has 0 unspecified atom stereocenters. The molecule has 2 rings (SSSR count). The number of benzene rings is 1. The average Bonchev–Trinajstić information content (AvgIpc) is 2.86. The van der Waals surface area contributed by atoms with Gasteiger partial charge in [-0.1, -0.05) is 24.3 Å². The van der Waals surface area contributed by atoms with Crippen molar-refractivity contribution in [3.05, 3.63) is 35.4 Å². The minimum atomic E-state index is -0.351. The number of aryl methyl sites for hydroxylation is 1. The Kier molecular flexibility index (Phi) is 5.71. The summed E-state index contributed by atoms with van der Waals surface area (Å²) in [5.74, 6) is 1.50. The van der Waals surface area contributed by atoms with Crippen LogP contribution in [-0.4, -0.2) is 41.4 Å². The van der Waals surface area contributed by atoms with E-state index in [-0.39, 0.29) is 18.0 Å². The van der Waals surface area contributed by atoms with Crippen molar-refractivity contribution in [1.82, 2.24) is 4.90 Å². The second-order valence-corrected chi connectivity index (χ2v) is 7.00. The van der Waals surface area contributed by atoms with Crippen molar-refractivity contribution in [2.75, 3.05) is 18.6 Å². The molecule has 1 aliphatic rings. The monoisotopic (exact) mass is 306 g/mol. The number of hydrogen-bond donors (Lipinski definition) is 1. The molecular formula is C17H26N2OS. The third kappa shape index (κ3) is 3.80. The largest absolute Gasteiger partial charge is 0.338 e. The molecule has 0 spiro atoms. The zero-order valence-electron chi connectivity index (χ0n) is 13.2. The summed E-state index contributed by atoms with van der Waals surface area (Å²) in [7, 11) is 0. The normalized spacial score (nSPS) is 23.3. The molecule has 3 atom stereocenters. The van der Waals surface area contributed by atoms with Gasteiger partial charge in [0.25, 0.3) is 0 Å². The summed E-state index contributed by atoms with van der Waals surface area (Å²) in [5.41, 5.74) is 8.74. The van der Waals surface area contributed by atoms with Crippen LogP contribution in [0.1, 0.15) is 36.8 Å². The molecule has 1 aromatic carbocycles. The molecule has 0 aliphatic carbocycles. The number of amides is 1. The Labute approximate surface area is 132 Å². The van der Waals surface area contributed by atoms with E-state index in [1.807, 2.05) is 11.2 Å². The lowest BCUT2D eigenvalue weighted by Gasteiger charge is -2.25. The standard InChI is InChI=1S/C17H26N2OS/c1-12-6-4-5-7-15(12)14-10-13(2)19(11-14)17(20)16(18)8-9-21-3/h4-7,13-14,16H,8-11,18H2,1-3H3/t13-,14+,16+/m1/s1. The Morgan fingerprint density at radius 1 is 1.48 bits per heavy atom. The van der Waals surface area contributed by atoms with Gasteiger partial charge in [-0.25, -0.2) is 0 Å². The van der Waals surface area contributed by atoms with E-state index < -0.39 is 0 Å². The highest BCUT2D eigenvalue weighted by Gasteiger charge is 2.35. The number of nitrogens with two attached hydrogens (primary N) is 1. The fourth-order valence-corrected chi connectivity index (χ4v) is 3.68. The Balaban J connectivity index is 2.04. The van der Waals surface area contributed by atoms with Crippen molar-refractivity contribution in [2.24, 2.45) is 5.73 Å². The highest BCUT2D eigenvalue weighted by atomic mass is 32.2. The van der Waals surface area contributed by atoms with Gasteiger partial charge in [-0.2, -0.15) is 11.8 Å². The number of carbonyl (C=O) groups excluding carboxylic acids is 1. The van der Waals surface area contributed by atoms with Gasteiger partial charge in [-0.15, -0.1) is 0 Å². The van der Waals surface area contributed by atoms with Gasteiger partial charge in [-0.05, 0) is 49.8 Å². The Hall–Kier alpha value is -1.00. The van der Waals surface area contributed by atoms with Crippen molar-refractivity contribution < 1.29 is 4.79 Å². The summed E-state index contributed by atoms with van der Waals surface area (Å²) < 4.78 is 0. The lowest BCUT2D eigenvalue weighted by molar-refractivity contribution is -0.133. The highest BCUT2D eigenvalue weighted by Crippen LogP contribution is 2.33. The predicted octanol–water partition coefficient (Wildman–Crippen LogP) is 2.78. The molecule has 1 aliphatic heterocycles. The number of hydrogen-bond acceptors (Lipinski definition) is 3. The molecule has 0 aromatic heterocycles. The van der Waals surface area contributed by atoms with Crippen molar-refractivity contribution in [3.8, 4) is 0 Å². The molecular weight excluding hydrogens is 280 g/mol. The minimum absolute atomic E-state index is 0.118. The summed E-state index contributed by atoms with van der Waals surface area (Å²) in [6.45, 7) is 5.09. The topological polar surface area (TPSA) is 46.3 Å². The molecule has 0 saturated carbocycles. The van der Waals surface area contributed by atoms with E-state index in [1.54, 1.807) is 11.8 Å². The van der Waals surface area contributed by atoms with Gasteiger partial charge in [-0.3, -0.25) is 4.79 Å². The Bertz CT molecular complexity index is 491. The van der Waals surface area contributed by atoms with Gasteiger partial charge in [0.05, 0.1) is 6.04 Å². The van der Waals surface area contributed by atoms with Crippen LogP contribution in [0.3, 0.4) is 0 Å². The van der Waals surface area contributed by atoms with Gasteiger partial charge in [0.1, 0.15) is 0 Å². The molecule has 1 fully saturated rings. The van der Waals surface area contributed by atoms with Gasteiger partial charge < -0.3 is 10.6 Å². The van der Waals surface area contributed by atoms with Crippen molar-refractivity contribution >= 4 is 17.7 Å². The first-order chi connectivity index (χ1) is 10.0. The summed E-state index contributed by atoms with van der Waals surface area (Å²) in [5, 5.41) is 0. The van der Waals surface area contributed by atoms with Crippen LogP contribution < -0.4 is 5.73 Å². The summed E-state index contributed by atoms with van der Waals surface area (Å²) in [4.78, 5) is 14.5. The number of rotatable bonds is 5. The van der Waals surface area contributed by atoms with Crippen LogP contribution in [0.5, 0.6) is 0 Å². The van der Waals surface area contributed by atoms with Crippen LogP contribution in [0.4, 0.5) is 0 Å². The van der Waals surface area contributed by atoms with E-state index >= 15 is 0 Å². The maximum absolute atomic E-state index is 12.5. The van der Waals surface area contributed by atoms with Crippen LogP contribution in [0.2, 0.25) is 0 Å². The molecule has 1 saturated heterocycles. The number of likely N-dealkylation sites (tertiary alicyclic amines) is 1. The molecule has 0 bridgehead atoms. The Morgan fingerprint density at radius 2 is 2.19 bits per heavy atom. The van der Waals surface area contributed by atoms with E-state index in [0.717, 1.165) is 25.1 Å². The summed E-state index contributed by atoms with van der Waals surface area (Å²) in [6.07, 6.45) is 3.84. The van der Waals surface area contributed by atoms with Gasteiger partial charge in [0.15, 0.2) is 0 Å². The number of nitrogens with zero attached hydrogens (tertiary/aromatic N) is 1. The fraction of sp³-hybridized carbons (Fsp3) is 0.588. The molecule has 116 valence electrons. The van der Waals surface area contributed by atoms with Crippen molar-refractivity contribution in [1.29, 1.82) is 0 Å². The smallest absolute Gasteiger partial charge is 0.239 e. The van der Waals surface area contributed by atoms with Crippen molar-refractivity contribution in [3.63, 3.8) is 0 Å². The number of carbonyl (C=O) groups is 1. The molecule has 3 nitrogen and oxygen atoms in total. The lowest BCUT2D eigenvalue weighted by Crippen LogP contribution is -2.45. The van der Waals surface area contributed by atoms with Crippen molar-refractivity contribution in [2.45, 2.75) is 44.7 Å². The molecule has 4 heteroatoms. The maximum atomic E-state index is 12.5. The quantitative estimate of drug-likeness (QED) is 0.910. The zero-order valence-corrected chi connectivity index (χ0v) is 14.0.